The molecule has 1 rings (SSSR count). The van der Waals surface area contributed by atoms with Crippen molar-refractivity contribution in [2.45, 2.75) is 13.8 Å². The van der Waals surface area contributed by atoms with Crippen molar-refractivity contribution in [1.29, 1.82) is 0 Å². The van der Waals surface area contributed by atoms with Gasteiger partial charge in [-0.15, -0.1) is 0 Å². The predicted octanol–water partition coefficient (Wildman–Crippen LogP) is 0.481. The third kappa shape index (κ3) is 2.16. The van der Waals surface area contributed by atoms with Crippen molar-refractivity contribution in [2.24, 2.45) is 5.41 Å². The Hall–Kier alpha value is 0.300. The van der Waals surface area contributed by atoms with Crippen molar-refractivity contribution in [3.05, 3.63) is 0 Å². The van der Waals surface area contributed by atoms with Crippen LogP contribution in [0.3, 0.4) is 0 Å². The van der Waals surface area contributed by atoms with E-state index in [4.69, 9.17) is 0 Å². The minimum Gasteiger partial charge on any atom is -0.259 e. The average Bonchev–Trinajstić information content (AvgIpc) is 1.54. The van der Waals surface area contributed by atoms with Gasteiger partial charge in [0.1, 0.15) is 0 Å². The topological polar surface area (TPSA) is 34.1 Å². The molecule has 0 aromatic carbocycles. The zero-order valence-corrected chi connectivity index (χ0v) is 7.89. The molecule has 60 valence electrons. The molecule has 2 nitrogen and oxygen atoms in total. The van der Waals surface area contributed by atoms with E-state index in [0.717, 1.165) is 0 Å². The van der Waals surface area contributed by atoms with E-state index >= 15 is 0 Å². The summed E-state index contributed by atoms with van der Waals surface area (Å²) >= 11 is 0. The maximum absolute atomic E-state index is 11.0. The maximum Gasteiger partial charge on any atom is 0.0992 e. The van der Waals surface area contributed by atoms with Crippen LogP contribution in [-0.4, -0.2) is 25.0 Å². The van der Waals surface area contributed by atoms with Crippen LogP contribution in [0.25, 0.3) is 0 Å². The van der Waals surface area contributed by atoms with E-state index in [2.05, 4.69) is 0 Å². The molecule has 0 saturated carbocycles. The Bertz CT molecular complexity index is 168. The Morgan fingerprint density at radius 3 is 1.80 bits per heavy atom. The van der Waals surface area contributed by atoms with Crippen LogP contribution in [0.4, 0.5) is 0 Å². The van der Waals surface area contributed by atoms with Crippen LogP contribution >= 0.6 is 0 Å². The summed E-state index contributed by atoms with van der Waals surface area (Å²) in [5.41, 5.74) is 0.0218. The molecule has 0 aliphatic carbocycles. The van der Waals surface area contributed by atoms with E-state index in [-0.39, 0.29) is 5.41 Å². The number of rotatable bonds is 0. The molecule has 2 atom stereocenters. The van der Waals surface area contributed by atoms with E-state index < -0.39 is 21.6 Å². The van der Waals surface area contributed by atoms with E-state index in [1.165, 1.54) is 0 Å². The lowest BCUT2D eigenvalue weighted by atomic mass is 10.0. The first-order chi connectivity index (χ1) is 4.49. The van der Waals surface area contributed by atoms with Crippen molar-refractivity contribution in [3.63, 3.8) is 0 Å². The van der Waals surface area contributed by atoms with Gasteiger partial charge in [-0.25, -0.2) is 0 Å². The van der Waals surface area contributed by atoms with Gasteiger partial charge in [-0.3, -0.25) is 8.42 Å². The molecule has 0 amide bonds. The molecule has 1 aliphatic rings. The summed E-state index contributed by atoms with van der Waals surface area (Å²) in [5.74, 6) is 1.41. The zero-order valence-electron chi connectivity index (χ0n) is 6.25. The van der Waals surface area contributed by atoms with Crippen molar-refractivity contribution < 1.29 is 8.42 Å². The third-order valence-electron chi connectivity index (χ3n) is 1.37. The molecule has 0 bridgehead atoms. The molecular formula is C6H12O2S2. The average molecular weight is 180 g/mol. The van der Waals surface area contributed by atoms with Crippen LogP contribution in [-0.2, 0) is 21.6 Å². The van der Waals surface area contributed by atoms with Gasteiger partial charge in [0.25, 0.3) is 0 Å². The minimum absolute atomic E-state index is 0.0218. The summed E-state index contributed by atoms with van der Waals surface area (Å²) in [6.07, 6.45) is 0. The highest BCUT2D eigenvalue weighted by Gasteiger charge is 2.29. The fourth-order valence-corrected chi connectivity index (χ4v) is 5.06. The summed E-state index contributed by atoms with van der Waals surface area (Å²) in [6.45, 7) is 4.03. The van der Waals surface area contributed by atoms with Crippen LogP contribution in [0.15, 0.2) is 0 Å². The molecule has 1 saturated heterocycles. The van der Waals surface area contributed by atoms with Gasteiger partial charge in [-0.1, -0.05) is 13.8 Å². The maximum atomic E-state index is 11.0. The number of hydrogen-bond donors (Lipinski definition) is 0. The van der Waals surface area contributed by atoms with E-state index in [1.807, 2.05) is 13.8 Å². The van der Waals surface area contributed by atoms with E-state index in [1.54, 1.807) is 0 Å². The Labute approximate surface area is 66.3 Å². The Morgan fingerprint density at radius 2 is 1.50 bits per heavy atom. The first-order valence-electron chi connectivity index (χ1n) is 3.20. The summed E-state index contributed by atoms with van der Waals surface area (Å²) in [6, 6.07) is 0. The molecule has 0 radical (unpaired) electrons. The highest BCUT2D eigenvalue weighted by Crippen LogP contribution is 2.23. The van der Waals surface area contributed by atoms with Crippen molar-refractivity contribution in [2.75, 3.05) is 16.6 Å². The standard InChI is InChI=1S/C6H12O2S2/c1-6(2)3-9(7)5-10(8)4-6/h3-5H2,1-2H3. The molecule has 0 aromatic rings. The van der Waals surface area contributed by atoms with E-state index in [0.29, 0.717) is 16.6 Å². The summed E-state index contributed by atoms with van der Waals surface area (Å²) < 4.78 is 22.0. The van der Waals surface area contributed by atoms with Crippen LogP contribution in [0.2, 0.25) is 0 Å². The van der Waals surface area contributed by atoms with E-state index in [9.17, 15) is 8.42 Å². The second-order valence-electron chi connectivity index (χ2n) is 3.45. The molecule has 2 unspecified atom stereocenters. The van der Waals surface area contributed by atoms with Gasteiger partial charge in [0.2, 0.25) is 0 Å². The van der Waals surface area contributed by atoms with Crippen molar-refractivity contribution in [3.8, 4) is 0 Å². The second-order valence-corrected chi connectivity index (χ2v) is 6.73. The van der Waals surface area contributed by atoms with Gasteiger partial charge >= 0.3 is 0 Å². The lowest BCUT2D eigenvalue weighted by Crippen LogP contribution is -2.35. The summed E-state index contributed by atoms with van der Waals surface area (Å²) in [5, 5.41) is 0.392. The Balaban J connectivity index is 2.68. The number of hydrogen-bond acceptors (Lipinski definition) is 2. The molecule has 0 aromatic heterocycles. The first-order valence-corrected chi connectivity index (χ1v) is 6.17. The Kier molecular flexibility index (Phi) is 2.30. The van der Waals surface area contributed by atoms with Gasteiger partial charge in [-0.2, -0.15) is 0 Å². The largest absolute Gasteiger partial charge is 0.259 e. The third-order valence-corrected chi connectivity index (χ3v) is 5.68. The summed E-state index contributed by atoms with van der Waals surface area (Å²) in [7, 11) is -1.68. The molecule has 0 N–H and O–H groups in total. The SMILES string of the molecule is CC1(C)CS(=O)CS(=O)C1. The summed E-state index contributed by atoms with van der Waals surface area (Å²) in [4.78, 5) is 0. The Morgan fingerprint density at radius 1 is 1.10 bits per heavy atom. The van der Waals surface area contributed by atoms with Gasteiger partial charge in [-0.05, 0) is 5.41 Å². The van der Waals surface area contributed by atoms with Gasteiger partial charge in [0.15, 0.2) is 0 Å². The molecule has 1 heterocycles. The first kappa shape index (κ1) is 8.40. The monoisotopic (exact) mass is 180 g/mol. The van der Waals surface area contributed by atoms with Crippen LogP contribution in [0.5, 0.6) is 0 Å². The lowest BCUT2D eigenvalue weighted by Gasteiger charge is -2.27. The quantitative estimate of drug-likeness (QED) is 0.543. The smallest absolute Gasteiger partial charge is 0.0992 e. The highest BCUT2D eigenvalue weighted by molar-refractivity contribution is 8.02. The van der Waals surface area contributed by atoms with Crippen LogP contribution < -0.4 is 0 Å². The fraction of sp³-hybridized carbons (Fsp3) is 1.00. The van der Waals surface area contributed by atoms with Gasteiger partial charge < -0.3 is 0 Å². The molecular weight excluding hydrogens is 168 g/mol. The lowest BCUT2D eigenvalue weighted by molar-refractivity contribution is 0.475. The normalized spacial score (nSPS) is 39.4. The fourth-order valence-electron chi connectivity index (χ4n) is 1.14. The molecule has 10 heavy (non-hydrogen) atoms. The zero-order chi connectivity index (χ0) is 7.78. The second kappa shape index (κ2) is 2.74. The van der Waals surface area contributed by atoms with Crippen LogP contribution in [0, 0.1) is 5.41 Å². The minimum atomic E-state index is -0.840. The van der Waals surface area contributed by atoms with Gasteiger partial charge in [0.05, 0.1) is 5.08 Å². The van der Waals surface area contributed by atoms with Gasteiger partial charge in [0, 0.05) is 33.1 Å². The van der Waals surface area contributed by atoms with Crippen molar-refractivity contribution >= 4 is 21.6 Å². The van der Waals surface area contributed by atoms with Crippen LogP contribution in [0.1, 0.15) is 13.8 Å². The van der Waals surface area contributed by atoms with Crippen molar-refractivity contribution in [1.82, 2.24) is 0 Å². The molecule has 1 fully saturated rings. The molecule has 0 spiro atoms. The highest BCUT2D eigenvalue weighted by atomic mass is 32.2. The predicted molar refractivity (Wildman–Crippen MR) is 44.7 cm³/mol. The molecule has 4 heteroatoms. The molecule has 1 aliphatic heterocycles.